The predicted molar refractivity (Wildman–Crippen MR) is 92.4 cm³/mol. The molecule has 128 valence electrons. The maximum Gasteiger partial charge on any atom is 0.187 e. The fraction of sp³-hybridized carbons (Fsp3) is 0.812. The van der Waals surface area contributed by atoms with Crippen molar-refractivity contribution in [3.05, 3.63) is 10.0 Å². The Bertz CT molecular complexity index is 554. The lowest BCUT2D eigenvalue weighted by Gasteiger charge is -2.38. The molecule has 0 aliphatic carbocycles. The van der Waals surface area contributed by atoms with Gasteiger partial charge in [-0.1, -0.05) is 22.9 Å². The minimum absolute atomic E-state index is 0.0753. The van der Waals surface area contributed by atoms with Crippen LogP contribution in [0.3, 0.4) is 0 Å². The second-order valence-corrected chi connectivity index (χ2v) is 8.45. The largest absolute Gasteiger partial charge is 0.391 e. The molecular formula is C16H24ClN3O2S. The SMILES string of the molecule is OC1COC2(CCN(Cc3sc(N4CCCC4)nc3Cl)CC2)C1. The van der Waals surface area contributed by atoms with E-state index in [0.29, 0.717) is 11.8 Å². The smallest absolute Gasteiger partial charge is 0.187 e. The van der Waals surface area contributed by atoms with Crippen molar-refractivity contribution in [2.24, 2.45) is 0 Å². The van der Waals surface area contributed by atoms with E-state index in [2.05, 4.69) is 14.8 Å². The van der Waals surface area contributed by atoms with Gasteiger partial charge in [0.2, 0.25) is 0 Å². The third-order valence-corrected chi connectivity index (χ3v) is 6.86. The van der Waals surface area contributed by atoms with Crippen molar-refractivity contribution >= 4 is 28.1 Å². The number of aliphatic hydroxyl groups is 1. The molecule has 3 saturated heterocycles. The van der Waals surface area contributed by atoms with Crippen molar-refractivity contribution in [3.8, 4) is 0 Å². The van der Waals surface area contributed by atoms with Gasteiger partial charge in [-0.05, 0) is 25.7 Å². The van der Waals surface area contributed by atoms with Gasteiger partial charge in [0.25, 0.3) is 0 Å². The zero-order chi connectivity index (χ0) is 15.9. The van der Waals surface area contributed by atoms with Crippen LogP contribution in [0.4, 0.5) is 5.13 Å². The molecule has 0 radical (unpaired) electrons. The number of aromatic nitrogens is 1. The van der Waals surface area contributed by atoms with Crippen LogP contribution in [0.1, 0.15) is 37.0 Å². The Hall–Kier alpha value is -0.400. The van der Waals surface area contributed by atoms with Gasteiger partial charge in [0.15, 0.2) is 5.13 Å². The van der Waals surface area contributed by atoms with Gasteiger partial charge < -0.3 is 14.7 Å². The quantitative estimate of drug-likeness (QED) is 0.900. The molecule has 1 aromatic rings. The van der Waals surface area contributed by atoms with Gasteiger partial charge in [-0.3, -0.25) is 4.90 Å². The summed E-state index contributed by atoms with van der Waals surface area (Å²) < 4.78 is 5.87. The topological polar surface area (TPSA) is 48.8 Å². The number of likely N-dealkylation sites (tertiary alicyclic amines) is 1. The molecule has 3 aliphatic heterocycles. The number of halogens is 1. The number of ether oxygens (including phenoxy) is 1. The number of thiazole rings is 1. The Morgan fingerprint density at radius 1 is 1.26 bits per heavy atom. The minimum atomic E-state index is -0.277. The van der Waals surface area contributed by atoms with Crippen LogP contribution in [-0.4, -0.2) is 59.5 Å². The van der Waals surface area contributed by atoms with E-state index in [1.54, 1.807) is 11.3 Å². The molecule has 3 fully saturated rings. The molecule has 1 atom stereocenters. The summed E-state index contributed by atoms with van der Waals surface area (Å²) in [6, 6.07) is 0. The monoisotopic (exact) mass is 357 g/mol. The third-order valence-electron chi connectivity index (χ3n) is 5.34. The second-order valence-electron chi connectivity index (χ2n) is 7.03. The van der Waals surface area contributed by atoms with E-state index in [-0.39, 0.29) is 11.7 Å². The molecule has 7 heteroatoms. The number of piperidine rings is 1. The molecule has 1 unspecified atom stereocenters. The average molecular weight is 358 g/mol. The Morgan fingerprint density at radius 2 is 2.00 bits per heavy atom. The summed E-state index contributed by atoms with van der Waals surface area (Å²) in [5, 5.41) is 11.5. The average Bonchev–Trinajstić information content (AvgIpc) is 3.25. The Morgan fingerprint density at radius 3 is 2.65 bits per heavy atom. The van der Waals surface area contributed by atoms with Gasteiger partial charge >= 0.3 is 0 Å². The van der Waals surface area contributed by atoms with Crippen LogP contribution in [0.25, 0.3) is 0 Å². The summed E-state index contributed by atoms with van der Waals surface area (Å²) in [6.45, 7) is 5.59. The van der Waals surface area contributed by atoms with Crippen molar-refractivity contribution < 1.29 is 9.84 Å². The van der Waals surface area contributed by atoms with Crippen molar-refractivity contribution in [2.75, 3.05) is 37.7 Å². The Labute approximate surface area is 146 Å². The molecule has 3 aliphatic rings. The van der Waals surface area contributed by atoms with E-state index in [9.17, 15) is 5.11 Å². The van der Waals surface area contributed by atoms with Gasteiger partial charge in [-0.15, -0.1) is 0 Å². The molecule has 5 nitrogen and oxygen atoms in total. The summed E-state index contributed by atoms with van der Waals surface area (Å²) in [6.07, 6.45) is 5.03. The zero-order valence-electron chi connectivity index (χ0n) is 13.3. The summed E-state index contributed by atoms with van der Waals surface area (Å²) in [5.74, 6) is 0. The van der Waals surface area contributed by atoms with Gasteiger partial charge in [-0.2, -0.15) is 0 Å². The van der Waals surface area contributed by atoms with Crippen molar-refractivity contribution in [1.29, 1.82) is 0 Å². The molecule has 0 bridgehead atoms. The fourth-order valence-electron chi connectivity index (χ4n) is 3.95. The van der Waals surface area contributed by atoms with E-state index in [4.69, 9.17) is 16.3 Å². The highest BCUT2D eigenvalue weighted by atomic mass is 35.5. The molecular weight excluding hydrogens is 334 g/mol. The summed E-state index contributed by atoms with van der Waals surface area (Å²) in [7, 11) is 0. The molecule has 23 heavy (non-hydrogen) atoms. The number of aliphatic hydroxyl groups excluding tert-OH is 1. The van der Waals surface area contributed by atoms with E-state index in [0.717, 1.165) is 57.1 Å². The van der Waals surface area contributed by atoms with Crippen LogP contribution in [0, 0.1) is 0 Å². The lowest BCUT2D eigenvalue weighted by atomic mass is 9.88. The molecule has 4 heterocycles. The fourth-order valence-corrected chi connectivity index (χ4v) is 5.30. The molecule has 1 aromatic heterocycles. The number of anilines is 1. The maximum atomic E-state index is 9.72. The Balaban J connectivity index is 1.36. The standard InChI is InChI=1S/C16H24ClN3O2S/c17-14-13(23-15(18-14)20-5-1-2-6-20)10-19-7-3-16(4-8-19)9-12(21)11-22-16/h12,21H,1-11H2. The van der Waals surface area contributed by atoms with Crippen LogP contribution in [0.15, 0.2) is 0 Å². The van der Waals surface area contributed by atoms with Gasteiger partial charge in [-0.25, -0.2) is 4.98 Å². The summed E-state index contributed by atoms with van der Waals surface area (Å²) >= 11 is 8.12. The van der Waals surface area contributed by atoms with Crippen LogP contribution in [-0.2, 0) is 11.3 Å². The van der Waals surface area contributed by atoms with Crippen LogP contribution >= 0.6 is 22.9 Å². The van der Waals surface area contributed by atoms with Crippen molar-refractivity contribution in [1.82, 2.24) is 9.88 Å². The third kappa shape index (κ3) is 3.37. The molecule has 0 amide bonds. The summed E-state index contributed by atoms with van der Waals surface area (Å²) in [5.41, 5.74) is -0.0753. The van der Waals surface area contributed by atoms with Gasteiger partial charge in [0, 0.05) is 39.1 Å². The number of hydrogen-bond donors (Lipinski definition) is 1. The summed E-state index contributed by atoms with van der Waals surface area (Å²) in [4.78, 5) is 10.5. The lowest BCUT2D eigenvalue weighted by molar-refractivity contribution is -0.0455. The molecule has 0 saturated carbocycles. The van der Waals surface area contributed by atoms with Crippen molar-refractivity contribution in [3.63, 3.8) is 0 Å². The molecule has 0 aromatic carbocycles. The molecule has 1 N–H and O–H groups in total. The maximum absolute atomic E-state index is 9.72. The van der Waals surface area contributed by atoms with E-state index in [1.165, 1.54) is 17.7 Å². The highest BCUT2D eigenvalue weighted by Crippen LogP contribution is 2.37. The first kappa shape index (κ1) is 16.1. The minimum Gasteiger partial charge on any atom is -0.391 e. The second kappa shape index (κ2) is 6.48. The van der Waals surface area contributed by atoms with E-state index < -0.39 is 0 Å². The highest BCUT2D eigenvalue weighted by Gasteiger charge is 2.42. The van der Waals surface area contributed by atoms with Crippen molar-refractivity contribution in [2.45, 2.75) is 50.4 Å². The zero-order valence-corrected chi connectivity index (χ0v) is 14.9. The van der Waals surface area contributed by atoms with E-state index >= 15 is 0 Å². The normalized spacial score (nSPS) is 28.1. The number of rotatable bonds is 3. The molecule has 1 spiro atoms. The first-order chi connectivity index (χ1) is 11.1. The van der Waals surface area contributed by atoms with Crippen LogP contribution in [0.2, 0.25) is 5.15 Å². The van der Waals surface area contributed by atoms with E-state index in [1.807, 2.05) is 0 Å². The highest BCUT2D eigenvalue weighted by molar-refractivity contribution is 7.16. The number of nitrogens with zero attached hydrogens (tertiary/aromatic N) is 3. The number of hydrogen-bond acceptors (Lipinski definition) is 6. The van der Waals surface area contributed by atoms with Crippen LogP contribution in [0.5, 0.6) is 0 Å². The molecule has 4 rings (SSSR count). The van der Waals surface area contributed by atoms with Gasteiger partial charge in [0.05, 0.1) is 23.2 Å². The van der Waals surface area contributed by atoms with Crippen LogP contribution < -0.4 is 4.90 Å². The first-order valence-electron chi connectivity index (χ1n) is 8.58. The Kier molecular flexibility index (Phi) is 4.54. The lowest BCUT2D eigenvalue weighted by Crippen LogP contribution is -2.43. The van der Waals surface area contributed by atoms with Gasteiger partial charge in [0.1, 0.15) is 5.15 Å². The first-order valence-corrected chi connectivity index (χ1v) is 9.78. The predicted octanol–water partition coefficient (Wildman–Crippen LogP) is 2.51.